The number of rotatable bonds is 11. The molecule has 2 fully saturated rings. The molecule has 4 unspecified atom stereocenters. The highest BCUT2D eigenvalue weighted by atomic mass is 16.4. The van der Waals surface area contributed by atoms with Crippen LogP contribution in [0.1, 0.15) is 58.8 Å². The first kappa shape index (κ1) is 27.4. The van der Waals surface area contributed by atoms with Gasteiger partial charge in [0.1, 0.15) is 18.1 Å². The Balaban J connectivity index is 2.03. The zero-order valence-corrected chi connectivity index (χ0v) is 20.1. The van der Waals surface area contributed by atoms with Crippen molar-refractivity contribution in [3.05, 3.63) is 0 Å². The first-order valence-electron chi connectivity index (χ1n) is 12.0. The largest absolute Gasteiger partial charge is 0.480 e. The molecule has 0 bridgehead atoms. The van der Waals surface area contributed by atoms with Gasteiger partial charge in [-0.3, -0.25) is 19.4 Å². The maximum atomic E-state index is 13.4. The molecular formula is C22H39N7O5. The zero-order valence-electron chi connectivity index (χ0n) is 20.1. The van der Waals surface area contributed by atoms with Gasteiger partial charge in [0, 0.05) is 19.6 Å². The van der Waals surface area contributed by atoms with Crippen LogP contribution in [0.3, 0.4) is 0 Å². The highest BCUT2D eigenvalue weighted by Crippen LogP contribution is 2.26. The summed E-state index contributed by atoms with van der Waals surface area (Å²) in [7, 11) is 0. The van der Waals surface area contributed by atoms with Crippen LogP contribution in [0.5, 0.6) is 0 Å². The number of nitrogens with one attached hydrogen (secondary N) is 1. The Morgan fingerprint density at radius 3 is 2.26 bits per heavy atom. The second-order valence-corrected chi connectivity index (χ2v) is 9.46. The third-order valence-corrected chi connectivity index (χ3v) is 6.26. The first-order chi connectivity index (χ1) is 16.0. The molecule has 3 amide bonds. The van der Waals surface area contributed by atoms with Crippen molar-refractivity contribution < 1.29 is 24.3 Å². The van der Waals surface area contributed by atoms with E-state index in [4.69, 9.17) is 17.2 Å². The molecule has 0 aliphatic carbocycles. The number of carbonyl (C=O) groups is 4. The molecule has 0 spiro atoms. The van der Waals surface area contributed by atoms with E-state index in [2.05, 4.69) is 10.3 Å². The van der Waals surface area contributed by atoms with E-state index in [1.165, 1.54) is 4.90 Å². The van der Waals surface area contributed by atoms with Crippen LogP contribution in [-0.4, -0.2) is 88.4 Å². The normalized spacial score (nSPS) is 21.9. The number of nitrogens with two attached hydrogens (primary N) is 3. The minimum atomic E-state index is -1.17. The fourth-order valence-corrected chi connectivity index (χ4v) is 4.63. The van der Waals surface area contributed by atoms with Crippen LogP contribution in [-0.2, 0) is 19.2 Å². The van der Waals surface area contributed by atoms with Crippen molar-refractivity contribution in [2.75, 3.05) is 19.6 Å². The smallest absolute Gasteiger partial charge is 0.326 e. The Hall–Kier alpha value is -2.89. The van der Waals surface area contributed by atoms with E-state index in [0.717, 1.165) is 0 Å². The second kappa shape index (κ2) is 12.5. The quantitative estimate of drug-likeness (QED) is 0.140. The number of guanidine groups is 1. The van der Waals surface area contributed by atoms with Gasteiger partial charge in [-0.2, -0.15) is 0 Å². The van der Waals surface area contributed by atoms with Crippen LogP contribution < -0.4 is 22.5 Å². The molecule has 2 saturated heterocycles. The van der Waals surface area contributed by atoms with Gasteiger partial charge < -0.3 is 37.4 Å². The lowest BCUT2D eigenvalue weighted by atomic mass is 10.0. The highest BCUT2D eigenvalue weighted by molar-refractivity contribution is 5.94. The number of nitrogens with zero attached hydrogens (tertiary/aromatic N) is 3. The van der Waals surface area contributed by atoms with Crippen molar-refractivity contribution in [2.24, 2.45) is 28.1 Å². The molecule has 34 heavy (non-hydrogen) atoms. The van der Waals surface area contributed by atoms with E-state index in [-0.39, 0.29) is 36.7 Å². The van der Waals surface area contributed by atoms with Gasteiger partial charge in [-0.1, -0.05) is 13.8 Å². The molecule has 12 nitrogen and oxygen atoms in total. The molecule has 0 aromatic heterocycles. The summed E-state index contributed by atoms with van der Waals surface area (Å²) >= 11 is 0. The summed E-state index contributed by atoms with van der Waals surface area (Å²) < 4.78 is 0. The van der Waals surface area contributed by atoms with Crippen LogP contribution in [0.15, 0.2) is 4.99 Å². The van der Waals surface area contributed by atoms with Crippen molar-refractivity contribution in [3.8, 4) is 0 Å². The molecule has 2 aliphatic heterocycles. The standard InChI is InChI=1S/C22H39N7O5/c1-13(2)12-14(23)19(31)29-11-5-8-17(29)20(32)28-10-4-7-16(28)18(30)27-15(21(33)34)6-3-9-26-22(24)25/h13-17H,3-12,23H2,1-2H3,(H,27,30)(H,33,34)(H4,24,25,26). The monoisotopic (exact) mass is 481 g/mol. The van der Waals surface area contributed by atoms with Crippen molar-refractivity contribution in [1.29, 1.82) is 0 Å². The number of amides is 3. The van der Waals surface area contributed by atoms with Crippen molar-refractivity contribution in [1.82, 2.24) is 15.1 Å². The summed E-state index contributed by atoms with van der Waals surface area (Å²) in [6.45, 7) is 5.07. The number of hydrogen-bond acceptors (Lipinski definition) is 6. The molecule has 2 aliphatic rings. The Kier molecular flexibility index (Phi) is 10.1. The number of aliphatic imine (C=N–C) groups is 1. The zero-order chi connectivity index (χ0) is 25.4. The van der Waals surface area contributed by atoms with E-state index < -0.39 is 36.0 Å². The maximum absolute atomic E-state index is 13.4. The lowest BCUT2D eigenvalue weighted by Gasteiger charge is -2.32. The topological polar surface area (TPSA) is 197 Å². The van der Waals surface area contributed by atoms with E-state index in [1.807, 2.05) is 13.8 Å². The van der Waals surface area contributed by atoms with Gasteiger partial charge in [0.2, 0.25) is 17.7 Å². The number of carbonyl (C=O) groups excluding carboxylic acids is 3. The minimum Gasteiger partial charge on any atom is -0.480 e. The van der Waals surface area contributed by atoms with Crippen LogP contribution in [0, 0.1) is 5.92 Å². The number of carboxylic acids is 1. The van der Waals surface area contributed by atoms with E-state index in [0.29, 0.717) is 51.6 Å². The molecule has 4 atom stereocenters. The van der Waals surface area contributed by atoms with Crippen LogP contribution in [0.25, 0.3) is 0 Å². The van der Waals surface area contributed by atoms with Crippen LogP contribution in [0.4, 0.5) is 0 Å². The van der Waals surface area contributed by atoms with Gasteiger partial charge in [-0.05, 0) is 50.9 Å². The summed E-state index contributed by atoms with van der Waals surface area (Å²) in [6, 6.07) is -3.19. The van der Waals surface area contributed by atoms with Gasteiger partial charge in [0.25, 0.3) is 0 Å². The van der Waals surface area contributed by atoms with Crippen molar-refractivity contribution in [3.63, 3.8) is 0 Å². The Morgan fingerprint density at radius 2 is 1.68 bits per heavy atom. The summed E-state index contributed by atoms with van der Waals surface area (Å²) in [5.74, 6) is -2.02. The predicted molar refractivity (Wildman–Crippen MR) is 126 cm³/mol. The predicted octanol–water partition coefficient (Wildman–Crippen LogP) is -1.04. The lowest BCUT2D eigenvalue weighted by molar-refractivity contribution is -0.148. The maximum Gasteiger partial charge on any atom is 0.326 e. The summed E-state index contributed by atoms with van der Waals surface area (Å²) in [5.41, 5.74) is 16.6. The SMILES string of the molecule is CC(C)CC(N)C(=O)N1CCCC1C(=O)N1CCCC1C(=O)NC(CCCN=C(N)N)C(=O)O. The van der Waals surface area contributed by atoms with Gasteiger partial charge in [-0.25, -0.2) is 4.79 Å². The Morgan fingerprint density at radius 1 is 1.06 bits per heavy atom. The van der Waals surface area contributed by atoms with E-state index >= 15 is 0 Å². The first-order valence-corrected chi connectivity index (χ1v) is 12.0. The Labute approximate surface area is 200 Å². The molecule has 0 aromatic carbocycles. The van der Waals surface area contributed by atoms with Crippen LogP contribution in [0.2, 0.25) is 0 Å². The van der Waals surface area contributed by atoms with Crippen molar-refractivity contribution in [2.45, 2.75) is 83.0 Å². The second-order valence-electron chi connectivity index (χ2n) is 9.46. The molecule has 0 radical (unpaired) electrons. The van der Waals surface area contributed by atoms with Gasteiger partial charge in [0.05, 0.1) is 6.04 Å². The molecule has 0 aromatic rings. The number of aliphatic carboxylic acids is 1. The van der Waals surface area contributed by atoms with Crippen molar-refractivity contribution >= 4 is 29.7 Å². The van der Waals surface area contributed by atoms with Crippen LogP contribution >= 0.6 is 0 Å². The summed E-state index contributed by atoms with van der Waals surface area (Å²) in [5, 5.41) is 12.0. The summed E-state index contributed by atoms with van der Waals surface area (Å²) in [4.78, 5) is 57.7. The van der Waals surface area contributed by atoms with Gasteiger partial charge in [0.15, 0.2) is 5.96 Å². The molecule has 192 valence electrons. The molecule has 2 heterocycles. The number of hydrogen-bond donors (Lipinski definition) is 5. The third kappa shape index (κ3) is 7.31. The number of carboxylic acid groups (broad SMARTS) is 1. The van der Waals surface area contributed by atoms with Gasteiger partial charge in [-0.15, -0.1) is 0 Å². The summed E-state index contributed by atoms with van der Waals surface area (Å²) in [6.07, 6.45) is 3.33. The highest BCUT2D eigenvalue weighted by Gasteiger charge is 2.43. The lowest BCUT2D eigenvalue weighted by Crippen LogP contribution is -2.56. The third-order valence-electron chi connectivity index (χ3n) is 6.26. The van der Waals surface area contributed by atoms with E-state index in [1.54, 1.807) is 4.90 Å². The molecule has 2 rings (SSSR count). The average molecular weight is 482 g/mol. The average Bonchev–Trinajstić information content (AvgIpc) is 3.43. The molecule has 8 N–H and O–H groups in total. The fraction of sp³-hybridized carbons (Fsp3) is 0.773. The molecule has 0 saturated carbocycles. The molecule has 12 heteroatoms. The van der Waals surface area contributed by atoms with Gasteiger partial charge >= 0.3 is 5.97 Å². The Bertz CT molecular complexity index is 784. The molecular weight excluding hydrogens is 442 g/mol. The fourth-order valence-electron chi connectivity index (χ4n) is 4.63. The minimum absolute atomic E-state index is 0.0828. The number of likely N-dealkylation sites (tertiary alicyclic amines) is 2. The van der Waals surface area contributed by atoms with E-state index in [9.17, 15) is 24.3 Å².